The third-order valence-electron chi connectivity index (χ3n) is 4.72. The number of nitrogens with zero attached hydrogens (tertiary/aromatic N) is 3. The molecule has 0 atom stereocenters. The summed E-state index contributed by atoms with van der Waals surface area (Å²) in [6, 6.07) is 0. The molecule has 6 heteroatoms. The van der Waals surface area contributed by atoms with Gasteiger partial charge < -0.3 is 0 Å². The molecule has 0 spiro atoms. The van der Waals surface area contributed by atoms with Crippen molar-refractivity contribution in [2.24, 2.45) is 5.92 Å². The van der Waals surface area contributed by atoms with Crippen LogP contribution < -0.4 is 11.2 Å². The first-order valence-corrected chi connectivity index (χ1v) is 9.80. The third kappa shape index (κ3) is 5.30. The van der Waals surface area contributed by atoms with E-state index in [-0.39, 0.29) is 15.9 Å². The van der Waals surface area contributed by atoms with E-state index in [1.165, 1.54) is 41.4 Å². The average molecular weight is 386 g/mol. The maximum absolute atomic E-state index is 12.6. The zero-order chi connectivity index (χ0) is 16.7. The van der Waals surface area contributed by atoms with Crippen molar-refractivity contribution >= 4 is 15.9 Å². The number of aromatic nitrogens is 3. The van der Waals surface area contributed by atoms with Gasteiger partial charge in [-0.25, -0.2) is 9.48 Å². The molecular formula is C17H28BrN3O2. The maximum Gasteiger partial charge on any atom is 0.347 e. The predicted molar refractivity (Wildman–Crippen MR) is 95.8 cm³/mol. The lowest BCUT2D eigenvalue weighted by Gasteiger charge is -2.22. The van der Waals surface area contributed by atoms with E-state index in [4.69, 9.17) is 0 Å². The van der Waals surface area contributed by atoms with Gasteiger partial charge in [0.15, 0.2) is 4.60 Å². The summed E-state index contributed by atoms with van der Waals surface area (Å²) in [6.07, 6.45) is 11.6. The maximum atomic E-state index is 12.6. The van der Waals surface area contributed by atoms with E-state index >= 15 is 0 Å². The number of unbranched alkanes of at least 4 members (excludes halogenated alkanes) is 4. The van der Waals surface area contributed by atoms with Crippen molar-refractivity contribution in [2.45, 2.75) is 84.2 Å². The Morgan fingerprint density at radius 1 is 1.09 bits per heavy atom. The molecule has 1 heterocycles. The number of halogens is 1. The first-order chi connectivity index (χ1) is 11.1. The summed E-state index contributed by atoms with van der Waals surface area (Å²) in [5.74, 6) is 0.511. The van der Waals surface area contributed by atoms with Gasteiger partial charge in [-0.05, 0) is 41.1 Å². The van der Waals surface area contributed by atoms with E-state index in [1.54, 1.807) is 0 Å². The van der Waals surface area contributed by atoms with Crippen LogP contribution in [0.2, 0.25) is 0 Å². The molecule has 0 aliphatic heterocycles. The van der Waals surface area contributed by atoms with E-state index in [2.05, 4.69) is 28.0 Å². The molecule has 5 nitrogen and oxygen atoms in total. The van der Waals surface area contributed by atoms with Gasteiger partial charge in [-0.2, -0.15) is 5.10 Å². The van der Waals surface area contributed by atoms with Gasteiger partial charge in [0.2, 0.25) is 0 Å². The highest BCUT2D eigenvalue weighted by Crippen LogP contribution is 2.24. The van der Waals surface area contributed by atoms with Crippen LogP contribution in [0.4, 0.5) is 0 Å². The molecule has 0 amide bonds. The zero-order valence-electron chi connectivity index (χ0n) is 14.1. The fourth-order valence-corrected chi connectivity index (χ4v) is 3.74. The summed E-state index contributed by atoms with van der Waals surface area (Å²) in [5, 5.41) is 4.17. The Morgan fingerprint density at radius 2 is 1.78 bits per heavy atom. The fraction of sp³-hybridized carbons (Fsp3) is 0.824. The first-order valence-electron chi connectivity index (χ1n) is 9.01. The van der Waals surface area contributed by atoms with Gasteiger partial charge in [0.25, 0.3) is 5.56 Å². The fourth-order valence-electron chi connectivity index (χ4n) is 3.33. The van der Waals surface area contributed by atoms with Crippen molar-refractivity contribution in [3.05, 3.63) is 25.4 Å². The molecule has 0 aromatic carbocycles. The summed E-state index contributed by atoms with van der Waals surface area (Å²) in [6.45, 7) is 3.30. The van der Waals surface area contributed by atoms with Crippen LogP contribution in [0.15, 0.2) is 14.2 Å². The first kappa shape index (κ1) is 18.4. The van der Waals surface area contributed by atoms with E-state index in [1.807, 2.05) is 0 Å². The SMILES string of the molecule is CCCCCCCn1c(=O)c(Br)nn(CC2CCCCC2)c1=O. The molecular weight excluding hydrogens is 358 g/mol. The summed E-state index contributed by atoms with van der Waals surface area (Å²) in [7, 11) is 0. The normalized spacial score (nSPS) is 15.9. The smallest absolute Gasteiger partial charge is 0.266 e. The standard InChI is InChI=1S/C17H28BrN3O2/c1-2-3-4-5-9-12-20-16(22)15(18)19-21(17(20)23)13-14-10-7-6-8-11-14/h14H,2-13H2,1H3. The average Bonchev–Trinajstić information content (AvgIpc) is 2.56. The Morgan fingerprint density at radius 3 is 2.48 bits per heavy atom. The second-order valence-corrected chi connectivity index (χ2v) is 7.38. The van der Waals surface area contributed by atoms with Crippen LogP contribution in [0.25, 0.3) is 0 Å². The minimum atomic E-state index is -0.301. The third-order valence-corrected chi connectivity index (χ3v) is 5.22. The Balaban J connectivity index is 2.08. The quantitative estimate of drug-likeness (QED) is 0.640. The van der Waals surface area contributed by atoms with Crippen LogP contribution in [-0.4, -0.2) is 14.3 Å². The highest BCUT2D eigenvalue weighted by molar-refractivity contribution is 9.10. The van der Waals surface area contributed by atoms with Crippen molar-refractivity contribution in [3.63, 3.8) is 0 Å². The lowest BCUT2D eigenvalue weighted by Crippen LogP contribution is -2.43. The molecule has 23 heavy (non-hydrogen) atoms. The van der Waals surface area contributed by atoms with Crippen molar-refractivity contribution in [1.29, 1.82) is 0 Å². The minimum Gasteiger partial charge on any atom is -0.266 e. The van der Waals surface area contributed by atoms with Gasteiger partial charge >= 0.3 is 5.69 Å². The molecule has 0 N–H and O–H groups in total. The number of rotatable bonds is 8. The predicted octanol–water partition coefficient (Wildman–Crippen LogP) is 3.72. The molecule has 0 bridgehead atoms. The van der Waals surface area contributed by atoms with Crippen molar-refractivity contribution < 1.29 is 0 Å². The summed E-state index contributed by atoms with van der Waals surface area (Å²) >= 11 is 3.23. The van der Waals surface area contributed by atoms with Crippen molar-refractivity contribution in [3.8, 4) is 0 Å². The summed E-state index contributed by atoms with van der Waals surface area (Å²) < 4.78 is 3.10. The molecule has 0 radical (unpaired) electrons. The molecule has 1 aromatic heterocycles. The van der Waals surface area contributed by atoms with Gasteiger partial charge in [-0.1, -0.05) is 51.9 Å². The molecule has 1 saturated carbocycles. The lowest BCUT2D eigenvalue weighted by molar-refractivity contribution is 0.293. The zero-order valence-corrected chi connectivity index (χ0v) is 15.7. The van der Waals surface area contributed by atoms with Crippen molar-refractivity contribution in [2.75, 3.05) is 0 Å². The van der Waals surface area contributed by atoms with Gasteiger partial charge in [-0.3, -0.25) is 9.36 Å². The van der Waals surface area contributed by atoms with Crippen LogP contribution >= 0.6 is 15.9 Å². The molecule has 1 fully saturated rings. The molecule has 1 aliphatic carbocycles. The molecule has 1 aromatic rings. The largest absolute Gasteiger partial charge is 0.347 e. The topological polar surface area (TPSA) is 56.9 Å². The molecule has 0 unspecified atom stereocenters. The Bertz CT molecular complexity index is 603. The van der Waals surface area contributed by atoms with E-state index in [0.29, 0.717) is 19.0 Å². The van der Waals surface area contributed by atoms with Crippen LogP contribution in [0.1, 0.15) is 71.1 Å². The monoisotopic (exact) mass is 385 g/mol. The molecule has 1 aliphatic rings. The minimum absolute atomic E-state index is 0.251. The van der Waals surface area contributed by atoms with Gasteiger partial charge in [0, 0.05) is 13.1 Å². The van der Waals surface area contributed by atoms with Crippen molar-refractivity contribution in [1.82, 2.24) is 14.3 Å². The summed E-state index contributed by atoms with van der Waals surface area (Å²) in [5.41, 5.74) is -0.551. The van der Waals surface area contributed by atoms with Gasteiger partial charge in [0.1, 0.15) is 0 Å². The Labute approximate surface area is 146 Å². The highest BCUT2D eigenvalue weighted by Gasteiger charge is 2.17. The van der Waals surface area contributed by atoms with Crippen LogP contribution in [0, 0.1) is 5.92 Å². The van der Waals surface area contributed by atoms with Crippen LogP contribution in [-0.2, 0) is 13.1 Å². The Kier molecular flexibility index (Phi) is 7.53. The molecule has 0 saturated heterocycles. The summed E-state index contributed by atoms with van der Waals surface area (Å²) in [4.78, 5) is 24.8. The highest BCUT2D eigenvalue weighted by atomic mass is 79.9. The van der Waals surface area contributed by atoms with E-state index < -0.39 is 0 Å². The second kappa shape index (κ2) is 9.40. The van der Waals surface area contributed by atoms with E-state index in [9.17, 15) is 9.59 Å². The second-order valence-electron chi connectivity index (χ2n) is 6.63. The van der Waals surface area contributed by atoms with Crippen LogP contribution in [0.5, 0.6) is 0 Å². The van der Waals surface area contributed by atoms with E-state index in [0.717, 1.165) is 32.1 Å². The van der Waals surface area contributed by atoms with Gasteiger partial charge in [-0.15, -0.1) is 0 Å². The molecule has 130 valence electrons. The Hall–Kier alpha value is -0.910. The number of hydrogen-bond donors (Lipinski definition) is 0. The van der Waals surface area contributed by atoms with Gasteiger partial charge in [0.05, 0.1) is 0 Å². The molecule has 2 rings (SSSR count). The van der Waals surface area contributed by atoms with Crippen LogP contribution in [0.3, 0.4) is 0 Å². The lowest BCUT2D eigenvalue weighted by atomic mass is 9.89. The number of hydrogen-bond acceptors (Lipinski definition) is 3.